The second-order valence-corrected chi connectivity index (χ2v) is 5.45. The van der Waals surface area contributed by atoms with E-state index in [-0.39, 0.29) is 0 Å². The van der Waals surface area contributed by atoms with Gasteiger partial charge >= 0.3 is 0 Å². The van der Waals surface area contributed by atoms with Gasteiger partial charge in [-0.15, -0.1) is 0 Å². The van der Waals surface area contributed by atoms with E-state index in [9.17, 15) is 0 Å². The topological polar surface area (TPSA) is 37.0 Å². The van der Waals surface area contributed by atoms with Gasteiger partial charge in [0.15, 0.2) is 11.5 Å². The highest BCUT2D eigenvalue weighted by molar-refractivity contribution is 5.45. The zero-order valence-corrected chi connectivity index (χ0v) is 12.3. The minimum Gasteiger partial charge on any atom is -0.454 e. The Bertz CT molecular complexity index is 458. The van der Waals surface area contributed by atoms with Crippen LogP contribution in [0.3, 0.4) is 0 Å². The van der Waals surface area contributed by atoms with Crippen LogP contribution < -0.4 is 14.8 Å². The van der Waals surface area contributed by atoms with Gasteiger partial charge < -0.3 is 14.8 Å². The van der Waals surface area contributed by atoms with Crippen molar-refractivity contribution < 1.29 is 9.47 Å². The molecule has 0 saturated carbocycles. The highest BCUT2D eigenvalue weighted by Gasteiger charge is 2.23. The number of nitrogens with zero attached hydrogens (tertiary/aromatic N) is 2. The molecule has 1 N–H and O–H groups in total. The standard InChI is InChI=1S/C15H23N3O2/c1-12(18-7-5-17(6-8-18)10-16-2)13-3-4-14-15(9-13)20-11-19-14/h3-4,9,12,16H,5-8,10-11H2,1-2H3. The third kappa shape index (κ3) is 2.75. The fourth-order valence-electron chi connectivity index (χ4n) is 2.92. The van der Waals surface area contributed by atoms with Crippen molar-refractivity contribution in [2.45, 2.75) is 13.0 Å². The number of piperazine rings is 1. The van der Waals surface area contributed by atoms with Gasteiger partial charge in [0.1, 0.15) is 0 Å². The Hall–Kier alpha value is -1.30. The fourth-order valence-corrected chi connectivity index (χ4v) is 2.92. The maximum absolute atomic E-state index is 5.47. The third-order valence-corrected chi connectivity index (χ3v) is 4.22. The number of rotatable bonds is 4. The first-order chi connectivity index (χ1) is 9.78. The normalized spacial score (nSPS) is 21.1. The molecule has 5 nitrogen and oxygen atoms in total. The molecule has 3 rings (SSSR count). The van der Waals surface area contributed by atoms with Crippen LogP contribution in [-0.4, -0.2) is 56.5 Å². The molecule has 5 heteroatoms. The molecular weight excluding hydrogens is 254 g/mol. The SMILES string of the molecule is CNCN1CCN(C(C)c2ccc3c(c2)OCO3)CC1. The molecule has 1 aromatic rings. The Labute approximate surface area is 120 Å². The molecule has 0 radical (unpaired) electrons. The lowest BCUT2D eigenvalue weighted by Crippen LogP contribution is -2.49. The summed E-state index contributed by atoms with van der Waals surface area (Å²) >= 11 is 0. The van der Waals surface area contributed by atoms with Crippen LogP contribution in [0.5, 0.6) is 11.5 Å². The molecule has 0 aliphatic carbocycles. The van der Waals surface area contributed by atoms with Gasteiger partial charge in [-0.05, 0) is 31.7 Å². The highest BCUT2D eigenvalue weighted by Crippen LogP contribution is 2.35. The van der Waals surface area contributed by atoms with Crippen molar-refractivity contribution >= 4 is 0 Å². The van der Waals surface area contributed by atoms with E-state index in [1.165, 1.54) is 5.56 Å². The molecule has 1 unspecified atom stereocenters. The first-order valence-electron chi connectivity index (χ1n) is 7.28. The molecule has 110 valence electrons. The van der Waals surface area contributed by atoms with Crippen LogP contribution in [0.25, 0.3) is 0 Å². The van der Waals surface area contributed by atoms with Gasteiger partial charge in [0, 0.05) is 38.9 Å². The summed E-state index contributed by atoms with van der Waals surface area (Å²) in [5.41, 5.74) is 1.30. The van der Waals surface area contributed by atoms with E-state index in [2.05, 4.69) is 34.2 Å². The highest BCUT2D eigenvalue weighted by atomic mass is 16.7. The fraction of sp³-hybridized carbons (Fsp3) is 0.600. The van der Waals surface area contributed by atoms with E-state index in [0.717, 1.165) is 44.3 Å². The van der Waals surface area contributed by atoms with Crippen LogP contribution in [0.1, 0.15) is 18.5 Å². The summed E-state index contributed by atoms with van der Waals surface area (Å²) in [6.45, 7) is 8.05. The predicted molar refractivity (Wildman–Crippen MR) is 78.1 cm³/mol. The smallest absolute Gasteiger partial charge is 0.231 e. The van der Waals surface area contributed by atoms with Gasteiger partial charge in [-0.2, -0.15) is 0 Å². The van der Waals surface area contributed by atoms with Crippen molar-refractivity contribution in [2.24, 2.45) is 0 Å². The number of ether oxygens (including phenoxy) is 2. The summed E-state index contributed by atoms with van der Waals surface area (Å²) in [5, 5.41) is 3.22. The lowest BCUT2D eigenvalue weighted by molar-refractivity contribution is 0.0984. The van der Waals surface area contributed by atoms with Crippen molar-refractivity contribution in [3.63, 3.8) is 0 Å². The van der Waals surface area contributed by atoms with E-state index >= 15 is 0 Å². The van der Waals surface area contributed by atoms with Crippen molar-refractivity contribution in [1.29, 1.82) is 0 Å². The molecule has 2 aliphatic rings. The molecule has 20 heavy (non-hydrogen) atoms. The lowest BCUT2D eigenvalue weighted by Gasteiger charge is -2.38. The van der Waals surface area contributed by atoms with Gasteiger partial charge in [-0.1, -0.05) is 6.07 Å². The molecule has 0 spiro atoms. The summed E-state index contributed by atoms with van der Waals surface area (Å²) in [5.74, 6) is 1.74. The summed E-state index contributed by atoms with van der Waals surface area (Å²) in [6, 6.07) is 6.71. The minimum atomic E-state index is 0.343. The quantitative estimate of drug-likeness (QED) is 0.897. The summed E-state index contributed by atoms with van der Waals surface area (Å²) in [6.07, 6.45) is 0. The number of nitrogens with one attached hydrogen (secondary N) is 1. The van der Waals surface area contributed by atoms with Crippen molar-refractivity contribution in [3.05, 3.63) is 23.8 Å². The zero-order chi connectivity index (χ0) is 13.9. The second kappa shape index (κ2) is 5.99. The molecule has 1 atom stereocenters. The number of hydrogen-bond acceptors (Lipinski definition) is 5. The molecule has 2 heterocycles. The van der Waals surface area contributed by atoms with E-state index in [0.29, 0.717) is 12.8 Å². The first kappa shape index (κ1) is 13.7. The Kier molecular flexibility index (Phi) is 4.10. The van der Waals surface area contributed by atoms with Crippen molar-refractivity contribution in [1.82, 2.24) is 15.1 Å². The molecule has 1 aromatic carbocycles. The van der Waals surface area contributed by atoms with Crippen molar-refractivity contribution in [2.75, 3.05) is 46.7 Å². The molecule has 0 bridgehead atoms. The van der Waals surface area contributed by atoms with E-state index in [1.54, 1.807) is 0 Å². The van der Waals surface area contributed by atoms with E-state index in [4.69, 9.17) is 9.47 Å². The Morgan fingerprint density at radius 2 is 1.90 bits per heavy atom. The Morgan fingerprint density at radius 1 is 1.15 bits per heavy atom. The Morgan fingerprint density at radius 3 is 2.65 bits per heavy atom. The van der Waals surface area contributed by atoms with Gasteiger partial charge in [0.25, 0.3) is 0 Å². The number of hydrogen-bond donors (Lipinski definition) is 1. The molecule has 1 saturated heterocycles. The lowest BCUT2D eigenvalue weighted by atomic mass is 10.1. The molecular formula is C15H23N3O2. The van der Waals surface area contributed by atoms with E-state index < -0.39 is 0 Å². The monoisotopic (exact) mass is 277 g/mol. The number of fused-ring (bicyclic) bond motifs is 1. The summed E-state index contributed by atoms with van der Waals surface area (Å²) < 4.78 is 10.8. The summed E-state index contributed by atoms with van der Waals surface area (Å²) in [4.78, 5) is 4.98. The average molecular weight is 277 g/mol. The predicted octanol–water partition coefficient (Wildman–Crippen LogP) is 1.27. The third-order valence-electron chi connectivity index (χ3n) is 4.22. The Balaban J connectivity index is 1.63. The summed E-state index contributed by atoms with van der Waals surface area (Å²) in [7, 11) is 2.00. The second-order valence-electron chi connectivity index (χ2n) is 5.45. The van der Waals surface area contributed by atoms with Crippen LogP contribution in [0.2, 0.25) is 0 Å². The average Bonchev–Trinajstić information content (AvgIpc) is 2.95. The molecule has 0 amide bonds. The zero-order valence-electron chi connectivity index (χ0n) is 12.3. The maximum Gasteiger partial charge on any atom is 0.231 e. The van der Waals surface area contributed by atoms with Crippen LogP contribution in [0, 0.1) is 0 Å². The maximum atomic E-state index is 5.47. The van der Waals surface area contributed by atoms with Gasteiger partial charge in [-0.3, -0.25) is 9.80 Å². The first-order valence-corrected chi connectivity index (χ1v) is 7.28. The van der Waals surface area contributed by atoms with E-state index in [1.807, 2.05) is 13.1 Å². The molecule has 1 fully saturated rings. The van der Waals surface area contributed by atoms with Crippen molar-refractivity contribution in [3.8, 4) is 11.5 Å². The molecule has 2 aliphatic heterocycles. The molecule has 0 aromatic heterocycles. The van der Waals surface area contributed by atoms with Gasteiger partial charge in [-0.25, -0.2) is 0 Å². The van der Waals surface area contributed by atoms with Crippen LogP contribution >= 0.6 is 0 Å². The van der Waals surface area contributed by atoms with Gasteiger partial charge in [0.05, 0.1) is 0 Å². The van der Waals surface area contributed by atoms with Crippen LogP contribution in [0.4, 0.5) is 0 Å². The van der Waals surface area contributed by atoms with Gasteiger partial charge in [0.2, 0.25) is 6.79 Å². The van der Waals surface area contributed by atoms with Crippen LogP contribution in [-0.2, 0) is 0 Å². The number of benzene rings is 1. The largest absolute Gasteiger partial charge is 0.454 e. The minimum absolute atomic E-state index is 0.343. The van der Waals surface area contributed by atoms with Crippen LogP contribution in [0.15, 0.2) is 18.2 Å².